The Morgan fingerprint density at radius 1 is 1.18 bits per heavy atom. The average Bonchev–Trinajstić information content (AvgIpc) is 2.30. The first-order chi connectivity index (χ1) is 8.20. The molecular weight excluding hydrogens is 218 g/mol. The number of nitrogens with zero attached hydrogens (tertiary/aromatic N) is 1. The summed E-state index contributed by atoms with van der Waals surface area (Å²) in [6, 6.07) is 0. The van der Waals surface area contributed by atoms with Crippen molar-refractivity contribution in [2.75, 3.05) is 46.6 Å². The molecule has 0 aromatic heterocycles. The molecule has 0 saturated heterocycles. The fourth-order valence-electron chi connectivity index (χ4n) is 1.10. The second-order valence-electron chi connectivity index (χ2n) is 4.15. The van der Waals surface area contributed by atoms with Gasteiger partial charge in [-0.3, -0.25) is 4.99 Å². The van der Waals surface area contributed by atoms with Crippen molar-refractivity contribution in [2.45, 2.75) is 20.8 Å². The molecule has 0 atom stereocenters. The number of hydrogen-bond donors (Lipinski definition) is 2. The van der Waals surface area contributed by atoms with Gasteiger partial charge in [-0.25, -0.2) is 0 Å². The van der Waals surface area contributed by atoms with E-state index in [9.17, 15) is 0 Å². The van der Waals surface area contributed by atoms with E-state index in [4.69, 9.17) is 9.47 Å². The molecular formula is C12H27N3O2. The lowest BCUT2D eigenvalue weighted by atomic mass is 10.2. The second kappa shape index (κ2) is 11.7. The molecule has 0 radical (unpaired) electrons. The van der Waals surface area contributed by atoms with E-state index in [1.165, 1.54) is 0 Å². The SMILES string of the molecule is CCNC(=NCC(C)C)NCCOCCOC. The van der Waals surface area contributed by atoms with Crippen LogP contribution in [0.1, 0.15) is 20.8 Å². The van der Waals surface area contributed by atoms with Gasteiger partial charge in [0.05, 0.1) is 19.8 Å². The summed E-state index contributed by atoms with van der Waals surface area (Å²) in [6.07, 6.45) is 0. The van der Waals surface area contributed by atoms with E-state index in [0.29, 0.717) is 25.7 Å². The van der Waals surface area contributed by atoms with Crippen molar-refractivity contribution in [2.24, 2.45) is 10.9 Å². The third-order valence-electron chi connectivity index (χ3n) is 1.93. The van der Waals surface area contributed by atoms with Crippen LogP contribution in [0.5, 0.6) is 0 Å². The maximum Gasteiger partial charge on any atom is 0.191 e. The van der Waals surface area contributed by atoms with Crippen LogP contribution >= 0.6 is 0 Å². The highest BCUT2D eigenvalue weighted by molar-refractivity contribution is 5.79. The van der Waals surface area contributed by atoms with Crippen molar-refractivity contribution in [3.63, 3.8) is 0 Å². The van der Waals surface area contributed by atoms with Crippen LogP contribution in [0, 0.1) is 5.92 Å². The molecule has 0 aliphatic heterocycles. The lowest BCUT2D eigenvalue weighted by molar-refractivity contribution is 0.0733. The standard InChI is InChI=1S/C12H27N3O2/c1-5-13-12(15-10-11(2)3)14-6-7-17-9-8-16-4/h11H,5-10H2,1-4H3,(H2,13,14,15). The van der Waals surface area contributed by atoms with Crippen LogP contribution < -0.4 is 10.6 Å². The minimum absolute atomic E-state index is 0.573. The van der Waals surface area contributed by atoms with Gasteiger partial charge in [-0.05, 0) is 12.8 Å². The quantitative estimate of drug-likeness (QED) is 0.359. The molecule has 0 spiro atoms. The lowest BCUT2D eigenvalue weighted by Crippen LogP contribution is -2.39. The molecule has 17 heavy (non-hydrogen) atoms. The fraction of sp³-hybridized carbons (Fsp3) is 0.917. The first kappa shape index (κ1) is 16.2. The first-order valence-electron chi connectivity index (χ1n) is 6.29. The van der Waals surface area contributed by atoms with E-state index in [-0.39, 0.29) is 0 Å². The number of ether oxygens (including phenoxy) is 2. The molecule has 102 valence electrons. The Kier molecular flexibility index (Phi) is 11.1. The van der Waals surface area contributed by atoms with E-state index >= 15 is 0 Å². The number of methoxy groups -OCH3 is 1. The Bertz CT molecular complexity index is 196. The average molecular weight is 245 g/mol. The number of guanidine groups is 1. The Labute approximate surface area is 105 Å². The molecule has 5 nitrogen and oxygen atoms in total. The van der Waals surface area contributed by atoms with Crippen molar-refractivity contribution in [3.05, 3.63) is 0 Å². The Morgan fingerprint density at radius 3 is 2.53 bits per heavy atom. The van der Waals surface area contributed by atoms with Crippen molar-refractivity contribution < 1.29 is 9.47 Å². The van der Waals surface area contributed by atoms with E-state index in [1.54, 1.807) is 7.11 Å². The van der Waals surface area contributed by atoms with Gasteiger partial charge in [-0.15, -0.1) is 0 Å². The minimum atomic E-state index is 0.573. The van der Waals surface area contributed by atoms with Gasteiger partial charge in [0, 0.05) is 26.7 Å². The van der Waals surface area contributed by atoms with Gasteiger partial charge in [0.25, 0.3) is 0 Å². The third kappa shape index (κ3) is 11.5. The molecule has 0 saturated carbocycles. The predicted molar refractivity (Wildman–Crippen MR) is 71.5 cm³/mol. The summed E-state index contributed by atoms with van der Waals surface area (Å²) in [6.45, 7) is 10.8. The molecule has 0 aliphatic carbocycles. The van der Waals surface area contributed by atoms with Crippen molar-refractivity contribution in [3.8, 4) is 0 Å². The molecule has 0 aromatic rings. The van der Waals surface area contributed by atoms with Crippen LogP contribution in [0.25, 0.3) is 0 Å². The molecule has 2 N–H and O–H groups in total. The highest BCUT2D eigenvalue weighted by Crippen LogP contribution is 1.91. The van der Waals surface area contributed by atoms with Gasteiger partial charge in [-0.1, -0.05) is 13.8 Å². The maximum absolute atomic E-state index is 5.36. The Hall–Kier alpha value is -0.810. The number of nitrogens with one attached hydrogen (secondary N) is 2. The van der Waals surface area contributed by atoms with Gasteiger partial charge in [-0.2, -0.15) is 0 Å². The van der Waals surface area contributed by atoms with Gasteiger partial charge >= 0.3 is 0 Å². The zero-order valence-electron chi connectivity index (χ0n) is 11.6. The molecule has 0 unspecified atom stereocenters. The second-order valence-corrected chi connectivity index (χ2v) is 4.15. The molecule has 0 aliphatic rings. The van der Waals surface area contributed by atoms with Crippen LogP contribution in [0.4, 0.5) is 0 Å². The van der Waals surface area contributed by atoms with E-state index in [0.717, 1.165) is 25.6 Å². The van der Waals surface area contributed by atoms with Crippen LogP contribution in [0.15, 0.2) is 4.99 Å². The highest BCUT2D eigenvalue weighted by Gasteiger charge is 1.97. The van der Waals surface area contributed by atoms with Gasteiger partial charge in [0.15, 0.2) is 5.96 Å². The zero-order chi connectivity index (χ0) is 12.9. The van der Waals surface area contributed by atoms with Gasteiger partial charge < -0.3 is 20.1 Å². The van der Waals surface area contributed by atoms with Crippen molar-refractivity contribution >= 4 is 5.96 Å². The van der Waals surface area contributed by atoms with Crippen LogP contribution in [-0.4, -0.2) is 52.5 Å². The van der Waals surface area contributed by atoms with Gasteiger partial charge in [0.1, 0.15) is 0 Å². The predicted octanol–water partition coefficient (Wildman–Crippen LogP) is 0.861. The molecule has 5 heteroatoms. The third-order valence-corrected chi connectivity index (χ3v) is 1.93. The highest BCUT2D eigenvalue weighted by atomic mass is 16.5. The fourth-order valence-corrected chi connectivity index (χ4v) is 1.10. The van der Waals surface area contributed by atoms with Crippen LogP contribution in [0.2, 0.25) is 0 Å². The van der Waals surface area contributed by atoms with Crippen molar-refractivity contribution in [1.82, 2.24) is 10.6 Å². The van der Waals surface area contributed by atoms with E-state index in [1.807, 2.05) is 0 Å². The summed E-state index contributed by atoms with van der Waals surface area (Å²) in [7, 11) is 1.67. The summed E-state index contributed by atoms with van der Waals surface area (Å²) in [5.74, 6) is 1.43. The topological polar surface area (TPSA) is 54.9 Å². The Morgan fingerprint density at radius 2 is 1.94 bits per heavy atom. The van der Waals surface area contributed by atoms with Gasteiger partial charge in [0.2, 0.25) is 0 Å². The minimum Gasteiger partial charge on any atom is -0.382 e. The molecule has 0 rings (SSSR count). The van der Waals surface area contributed by atoms with E-state index in [2.05, 4.69) is 36.4 Å². The van der Waals surface area contributed by atoms with Crippen LogP contribution in [-0.2, 0) is 9.47 Å². The normalized spacial score (nSPS) is 11.9. The number of rotatable bonds is 9. The molecule has 0 fully saturated rings. The summed E-state index contributed by atoms with van der Waals surface area (Å²) in [4.78, 5) is 4.46. The zero-order valence-corrected chi connectivity index (χ0v) is 11.6. The molecule has 0 bridgehead atoms. The summed E-state index contributed by atoms with van der Waals surface area (Å²) < 4.78 is 10.2. The molecule has 0 amide bonds. The lowest BCUT2D eigenvalue weighted by Gasteiger charge is -2.12. The molecule has 0 heterocycles. The smallest absolute Gasteiger partial charge is 0.191 e. The van der Waals surface area contributed by atoms with Crippen molar-refractivity contribution in [1.29, 1.82) is 0 Å². The monoisotopic (exact) mass is 245 g/mol. The molecule has 0 aromatic carbocycles. The summed E-state index contributed by atoms with van der Waals surface area (Å²) in [5, 5.41) is 6.42. The largest absolute Gasteiger partial charge is 0.382 e. The first-order valence-corrected chi connectivity index (χ1v) is 6.29. The summed E-state index contributed by atoms with van der Waals surface area (Å²) in [5.41, 5.74) is 0. The summed E-state index contributed by atoms with van der Waals surface area (Å²) >= 11 is 0. The number of hydrogen-bond acceptors (Lipinski definition) is 3. The number of aliphatic imine (C=N–C) groups is 1. The van der Waals surface area contributed by atoms with E-state index < -0.39 is 0 Å². The maximum atomic E-state index is 5.36. The Balaban J connectivity index is 3.66. The van der Waals surface area contributed by atoms with Crippen LogP contribution in [0.3, 0.4) is 0 Å².